The summed E-state index contributed by atoms with van der Waals surface area (Å²) in [5.41, 5.74) is 1.21. The van der Waals surface area contributed by atoms with E-state index in [4.69, 9.17) is 21.1 Å². The Labute approximate surface area is 209 Å². The minimum Gasteiger partial charge on any atom is -0.476 e. The highest BCUT2D eigenvalue weighted by molar-refractivity contribution is 6.30. The van der Waals surface area contributed by atoms with Gasteiger partial charge in [0.1, 0.15) is 5.75 Å². The van der Waals surface area contributed by atoms with Crippen LogP contribution in [0, 0.1) is 5.92 Å². The number of hydrogen-bond donors (Lipinski definition) is 0. The maximum atomic E-state index is 13.8. The number of halogens is 1. The fraction of sp³-hybridized carbons (Fsp3) is 0.423. The summed E-state index contributed by atoms with van der Waals surface area (Å²) in [5.74, 6) is -0.172. The fourth-order valence-corrected chi connectivity index (χ4v) is 5.04. The number of amides is 3. The van der Waals surface area contributed by atoms with Crippen molar-refractivity contribution in [2.75, 3.05) is 50.8 Å². The second-order valence-electron chi connectivity index (χ2n) is 9.06. The molecule has 5 rings (SSSR count). The van der Waals surface area contributed by atoms with Gasteiger partial charge in [-0.15, -0.1) is 0 Å². The molecule has 0 radical (unpaired) electrons. The van der Waals surface area contributed by atoms with E-state index in [1.165, 1.54) is 0 Å². The van der Waals surface area contributed by atoms with E-state index in [-0.39, 0.29) is 30.2 Å². The minimum absolute atomic E-state index is 0.0888. The van der Waals surface area contributed by atoms with Crippen LogP contribution in [0.5, 0.6) is 5.75 Å². The van der Waals surface area contributed by atoms with E-state index in [2.05, 4.69) is 0 Å². The molecule has 3 aliphatic heterocycles. The van der Waals surface area contributed by atoms with E-state index in [0.29, 0.717) is 67.8 Å². The molecule has 3 aliphatic rings. The number of fused-ring (bicyclic) bond motifs is 1. The number of para-hydroxylation sites is 2. The average molecular weight is 498 g/mol. The lowest BCUT2D eigenvalue weighted by atomic mass is 9.95. The van der Waals surface area contributed by atoms with Crippen LogP contribution in [0.15, 0.2) is 48.5 Å². The number of morpholine rings is 1. The highest BCUT2D eigenvalue weighted by Crippen LogP contribution is 2.35. The van der Waals surface area contributed by atoms with Gasteiger partial charge in [0.05, 0.1) is 31.4 Å². The Morgan fingerprint density at radius 3 is 2.37 bits per heavy atom. The third kappa shape index (κ3) is 4.99. The molecule has 2 fully saturated rings. The van der Waals surface area contributed by atoms with Gasteiger partial charge >= 0.3 is 0 Å². The van der Waals surface area contributed by atoms with Crippen LogP contribution in [-0.2, 0) is 14.3 Å². The highest BCUT2D eigenvalue weighted by Gasteiger charge is 2.39. The molecule has 0 N–H and O–H groups in total. The second kappa shape index (κ2) is 10.3. The molecule has 0 aromatic heterocycles. The zero-order valence-electron chi connectivity index (χ0n) is 19.4. The molecular formula is C26H28ClN3O5. The van der Waals surface area contributed by atoms with Crippen LogP contribution in [0.4, 0.5) is 5.69 Å². The topological polar surface area (TPSA) is 79.4 Å². The van der Waals surface area contributed by atoms with Gasteiger partial charge in [0.25, 0.3) is 11.8 Å². The number of nitrogens with zero attached hydrogens (tertiary/aromatic N) is 3. The molecule has 35 heavy (non-hydrogen) atoms. The largest absolute Gasteiger partial charge is 0.476 e. The molecule has 0 aliphatic carbocycles. The molecule has 0 saturated carbocycles. The van der Waals surface area contributed by atoms with Crippen LogP contribution in [0.2, 0.25) is 5.02 Å². The average Bonchev–Trinajstić information content (AvgIpc) is 2.92. The van der Waals surface area contributed by atoms with Crippen molar-refractivity contribution in [1.82, 2.24) is 9.80 Å². The number of rotatable bonds is 3. The second-order valence-corrected chi connectivity index (χ2v) is 9.49. The Kier molecular flexibility index (Phi) is 6.92. The number of likely N-dealkylation sites (tertiary alicyclic amines) is 1. The van der Waals surface area contributed by atoms with Gasteiger partial charge in [-0.2, -0.15) is 0 Å². The molecule has 3 amide bonds. The van der Waals surface area contributed by atoms with Crippen molar-refractivity contribution in [3.8, 4) is 5.75 Å². The smallest absolute Gasteiger partial charge is 0.265 e. The van der Waals surface area contributed by atoms with Crippen LogP contribution in [0.25, 0.3) is 0 Å². The number of ether oxygens (including phenoxy) is 2. The maximum Gasteiger partial charge on any atom is 0.265 e. The van der Waals surface area contributed by atoms with Gasteiger partial charge in [-0.1, -0.05) is 23.7 Å². The van der Waals surface area contributed by atoms with Gasteiger partial charge in [-0.25, -0.2) is 0 Å². The van der Waals surface area contributed by atoms with Crippen molar-refractivity contribution in [3.63, 3.8) is 0 Å². The van der Waals surface area contributed by atoms with Crippen molar-refractivity contribution >= 4 is 35.0 Å². The lowest BCUT2D eigenvalue weighted by Crippen LogP contribution is -2.56. The van der Waals surface area contributed by atoms with E-state index in [0.717, 1.165) is 6.42 Å². The number of carbonyl (C=O) groups is 3. The van der Waals surface area contributed by atoms with Crippen molar-refractivity contribution in [1.29, 1.82) is 0 Å². The van der Waals surface area contributed by atoms with Crippen molar-refractivity contribution in [2.24, 2.45) is 5.92 Å². The van der Waals surface area contributed by atoms with Gasteiger partial charge in [0.15, 0.2) is 6.10 Å². The van der Waals surface area contributed by atoms with Gasteiger partial charge in [-0.3, -0.25) is 14.4 Å². The number of carbonyl (C=O) groups excluding carboxylic acids is 3. The Bertz CT molecular complexity index is 1100. The molecule has 0 spiro atoms. The zero-order chi connectivity index (χ0) is 24.4. The third-order valence-electron chi connectivity index (χ3n) is 6.79. The lowest BCUT2D eigenvalue weighted by molar-refractivity contribution is -0.143. The summed E-state index contributed by atoms with van der Waals surface area (Å²) in [6.45, 7) is 3.10. The lowest BCUT2D eigenvalue weighted by Gasteiger charge is -2.40. The number of anilines is 1. The Balaban J connectivity index is 1.33. The first-order valence-corrected chi connectivity index (χ1v) is 12.4. The first-order valence-electron chi connectivity index (χ1n) is 12.0. The molecule has 0 bridgehead atoms. The van der Waals surface area contributed by atoms with Gasteiger partial charge in [-0.05, 0) is 49.2 Å². The predicted molar refractivity (Wildman–Crippen MR) is 131 cm³/mol. The molecule has 3 heterocycles. The van der Waals surface area contributed by atoms with Crippen LogP contribution >= 0.6 is 11.6 Å². The summed E-state index contributed by atoms with van der Waals surface area (Å²) in [4.78, 5) is 45.1. The van der Waals surface area contributed by atoms with Crippen molar-refractivity contribution in [3.05, 3.63) is 59.1 Å². The maximum absolute atomic E-state index is 13.8. The van der Waals surface area contributed by atoms with Crippen molar-refractivity contribution < 1.29 is 23.9 Å². The summed E-state index contributed by atoms with van der Waals surface area (Å²) in [5, 5.41) is 0.570. The van der Waals surface area contributed by atoms with Crippen LogP contribution in [-0.4, -0.2) is 79.6 Å². The van der Waals surface area contributed by atoms with E-state index in [1.807, 2.05) is 18.2 Å². The number of hydrogen-bond acceptors (Lipinski definition) is 5. The molecule has 0 unspecified atom stereocenters. The fourth-order valence-electron chi connectivity index (χ4n) is 4.92. The highest BCUT2D eigenvalue weighted by atomic mass is 35.5. The molecule has 2 aromatic rings. The quantitative estimate of drug-likeness (QED) is 0.651. The first kappa shape index (κ1) is 23.6. The van der Waals surface area contributed by atoms with E-state index in [9.17, 15) is 14.4 Å². The standard InChI is InChI=1S/C26H28ClN3O5/c27-20-9-7-18(8-10-20)24(31)29-11-3-4-19(16-29)25(32)30-17-23(26(33)28-12-14-34-15-13-28)35-22-6-2-1-5-21(22)30/h1-2,5-10,19,23H,3-4,11-17H2/t19-,23+/m0/s1. The normalized spacial score (nSPS) is 22.3. The van der Waals surface area contributed by atoms with E-state index in [1.54, 1.807) is 45.0 Å². The minimum atomic E-state index is -0.776. The first-order chi connectivity index (χ1) is 17.0. The van der Waals surface area contributed by atoms with Crippen LogP contribution in [0.3, 0.4) is 0 Å². The molecule has 9 heteroatoms. The van der Waals surface area contributed by atoms with E-state index >= 15 is 0 Å². The number of benzene rings is 2. The van der Waals surface area contributed by atoms with Crippen LogP contribution < -0.4 is 9.64 Å². The molecule has 2 aromatic carbocycles. The van der Waals surface area contributed by atoms with Crippen LogP contribution in [0.1, 0.15) is 23.2 Å². The Morgan fingerprint density at radius 1 is 0.857 bits per heavy atom. The molecule has 8 nitrogen and oxygen atoms in total. The number of piperidine rings is 1. The third-order valence-corrected chi connectivity index (χ3v) is 7.04. The monoisotopic (exact) mass is 497 g/mol. The van der Waals surface area contributed by atoms with Crippen molar-refractivity contribution in [2.45, 2.75) is 18.9 Å². The van der Waals surface area contributed by atoms with Gasteiger partial charge in [0, 0.05) is 36.8 Å². The summed E-state index contributed by atoms with van der Waals surface area (Å²) in [7, 11) is 0. The molecule has 184 valence electrons. The predicted octanol–water partition coefficient (Wildman–Crippen LogP) is 2.85. The van der Waals surface area contributed by atoms with Gasteiger partial charge < -0.3 is 24.2 Å². The van der Waals surface area contributed by atoms with E-state index < -0.39 is 6.10 Å². The molecular weight excluding hydrogens is 470 g/mol. The summed E-state index contributed by atoms with van der Waals surface area (Å²) in [6.07, 6.45) is 0.644. The molecule has 2 saturated heterocycles. The summed E-state index contributed by atoms with van der Waals surface area (Å²) < 4.78 is 11.4. The SMILES string of the molecule is O=C(c1ccc(Cl)cc1)N1CCC[C@H](C(=O)N2C[C@H](C(=O)N3CCOCC3)Oc3ccccc32)C1. The molecule has 2 atom stereocenters. The van der Waals surface area contributed by atoms with Gasteiger partial charge in [0.2, 0.25) is 5.91 Å². The summed E-state index contributed by atoms with van der Waals surface area (Å²) >= 11 is 5.96. The summed E-state index contributed by atoms with van der Waals surface area (Å²) in [6, 6.07) is 14.1. The Morgan fingerprint density at radius 2 is 1.60 bits per heavy atom. The Hall–Kier alpha value is -3.10. The zero-order valence-corrected chi connectivity index (χ0v) is 20.2.